The number of aromatic nitrogens is 2. The smallest absolute Gasteiger partial charge is 0.365 e. The Balaban J connectivity index is 1.46. The summed E-state index contributed by atoms with van der Waals surface area (Å²) in [6.07, 6.45) is -2.98. The SMILES string of the molecule is CC(C)(C)[C@H]1CCc2c(sc(NC(=O)CCCS(=O)(=O)c3nc(-c4cccs4)cc(C(F)(F)F)n3)c2C(N)=O)C1. The van der Waals surface area contributed by atoms with Gasteiger partial charge in [0.05, 0.1) is 21.9 Å². The van der Waals surface area contributed by atoms with Crippen molar-refractivity contribution in [1.82, 2.24) is 9.97 Å². The number of nitrogens with two attached hydrogens (primary N) is 1. The van der Waals surface area contributed by atoms with Crippen molar-refractivity contribution in [3.8, 4) is 10.6 Å². The zero-order valence-electron chi connectivity index (χ0n) is 22.1. The van der Waals surface area contributed by atoms with E-state index in [-0.39, 0.29) is 29.5 Å². The monoisotopic (exact) mass is 614 g/mol. The van der Waals surface area contributed by atoms with Crippen molar-refractivity contribution in [2.75, 3.05) is 11.1 Å². The lowest BCUT2D eigenvalue weighted by atomic mass is 9.72. The molecular formula is C26H29F3N4O4S3. The first-order valence-corrected chi connectivity index (χ1v) is 15.9. The van der Waals surface area contributed by atoms with Gasteiger partial charge in [0, 0.05) is 11.3 Å². The first-order chi connectivity index (χ1) is 18.6. The van der Waals surface area contributed by atoms with E-state index in [9.17, 15) is 31.2 Å². The fraction of sp³-hybridized carbons (Fsp3) is 0.462. The first kappa shape index (κ1) is 30.1. The number of hydrogen-bond acceptors (Lipinski definition) is 8. The highest BCUT2D eigenvalue weighted by Crippen LogP contribution is 2.44. The van der Waals surface area contributed by atoms with Gasteiger partial charge >= 0.3 is 6.18 Å². The maximum absolute atomic E-state index is 13.4. The van der Waals surface area contributed by atoms with Crippen molar-refractivity contribution in [3.63, 3.8) is 0 Å². The molecule has 0 radical (unpaired) electrons. The zero-order chi connectivity index (χ0) is 29.5. The number of alkyl halides is 3. The molecule has 0 unspecified atom stereocenters. The number of amides is 2. The lowest BCUT2D eigenvalue weighted by Crippen LogP contribution is -2.27. The van der Waals surface area contributed by atoms with Gasteiger partial charge in [-0.25, -0.2) is 18.4 Å². The molecule has 0 aromatic carbocycles. The number of primary amides is 1. The molecular weight excluding hydrogens is 586 g/mol. The molecule has 216 valence electrons. The molecule has 1 aliphatic carbocycles. The molecule has 3 aromatic rings. The Hall–Kier alpha value is -2.84. The molecule has 0 aliphatic heterocycles. The van der Waals surface area contributed by atoms with E-state index in [4.69, 9.17) is 5.73 Å². The van der Waals surface area contributed by atoms with E-state index in [2.05, 4.69) is 36.1 Å². The highest BCUT2D eigenvalue weighted by Gasteiger charge is 2.36. The summed E-state index contributed by atoms with van der Waals surface area (Å²) in [6.45, 7) is 6.49. The molecule has 0 saturated heterocycles. The fourth-order valence-electron chi connectivity index (χ4n) is 4.64. The fourth-order valence-corrected chi connectivity index (χ4v) is 7.85. The molecule has 1 atom stereocenters. The Morgan fingerprint density at radius 2 is 1.93 bits per heavy atom. The van der Waals surface area contributed by atoms with Crippen LogP contribution in [0.25, 0.3) is 10.6 Å². The van der Waals surface area contributed by atoms with Crippen LogP contribution in [0.5, 0.6) is 0 Å². The average molecular weight is 615 g/mol. The lowest BCUT2D eigenvalue weighted by molar-refractivity contribution is -0.141. The zero-order valence-corrected chi connectivity index (χ0v) is 24.5. The van der Waals surface area contributed by atoms with Gasteiger partial charge in [0.15, 0.2) is 0 Å². The molecule has 14 heteroatoms. The number of thiophene rings is 2. The van der Waals surface area contributed by atoms with E-state index in [0.717, 1.165) is 34.6 Å². The van der Waals surface area contributed by atoms with Crippen LogP contribution in [0.1, 0.15) is 66.5 Å². The average Bonchev–Trinajstić information content (AvgIpc) is 3.50. The van der Waals surface area contributed by atoms with E-state index < -0.39 is 44.4 Å². The van der Waals surface area contributed by atoms with Gasteiger partial charge in [0.1, 0.15) is 10.7 Å². The van der Waals surface area contributed by atoms with Crippen molar-refractivity contribution >= 4 is 49.3 Å². The number of nitrogens with zero attached hydrogens (tertiary/aromatic N) is 2. The highest BCUT2D eigenvalue weighted by molar-refractivity contribution is 7.91. The molecule has 8 nitrogen and oxygen atoms in total. The molecule has 1 aliphatic rings. The van der Waals surface area contributed by atoms with Crippen LogP contribution in [0.3, 0.4) is 0 Å². The van der Waals surface area contributed by atoms with Crippen LogP contribution < -0.4 is 11.1 Å². The summed E-state index contributed by atoms with van der Waals surface area (Å²) in [6, 6.07) is 3.84. The molecule has 0 bridgehead atoms. The van der Waals surface area contributed by atoms with Crippen LogP contribution in [-0.2, 0) is 33.6 Å². The minimum Gasteiger partial charge on any atom is -0.365 e. The molecule has 0 spiro atoms. The van der Waals surface area contributed by atoms with Crippen molar-refractivity contribution in [2.45, 2.75) is 64.2 Å². The molecule has 4 rings (SSSR count). The van der Waals surface area contributed by atoms with Gasteiger partial charge < -0.3 is 11.1 Å². The number of carbonyl (C=O) groups is 2. The van der Waals surface area contributed by atoms with Gasteiger partial charge in [0.2, 0.25) is 20.9 Å². The summed E-state index contributed by atoms with van der Waals surface area (Å²) in [7, 11) is -4.34. The number of rotatable bonds is 8. The molecule has 3 N–H and O–H groups in total. The topological polar surface area (TPSA) is 132 Å². The van der Waals surface area contributed by atoms with Crippen LogP contribution in [0.15, 0.2) is 28.7 Å². The Bertz CT molecular complexity index is 1530. The summed E-state index contributed by atoms with van der Waals surface area (Å²) in [4.78, 5) is 33.5. The van der Waals surface area contributed by atoms with Gasteiger partial charge in [0.25, 0.3) is 5.91 Å². The van der Waals surface area contributed by atoms with Crippen molar-refractivity contribution in [1.29, 1.82) is 0 Å². The molecule has 3 aromatic heterocycles. The summed E-state index contributed by atoms with van der Waals surface area (Å²) >= 11 is 2.42. The van der Waals surface area contributed by atoms with Gasteiger partial charge in [-0.05, 0) is 60.1 Å². The number of nitrogens with one attached hydrogen (secondary N) is 1. The first-order valence-electron chi connectivity index (χ1n) is 12.5. The predicted octanol–water partition coefficient (Wildman–Crippen LogP) is 5.73. The van der Waals surface area contributed by atoms with Crippen LogP contribution in [0.2, 0.25) is 0 Å². The molecule has 40 heavy (non-hydrogen) atoms. The largest absolute Gasteiger partial charge is 0.433 e. The second-order valence-corrected chi connectivity index (χ2v) is 14.8. The minimum absolute atomic E-state index is 0.0807. The standard InChI is InChI=1S/C26H29F3N4O4S3/c1-25(2,3)14-8-9-15-18(12-14)39-23(21(15)22(30)35)33-20(34)7-5-11-40(36,37)24-31-16(17-6-4-10-38-17)13-19(32-24)26(27,28)29/h4,6,10,13-14H,5,7-9,11-12H2,1-3H3,(H2,30,35)(H,33,34)/t14-/m0/s1. The second kappa shape index (κ2) is 11.2. The van der Waals surface area contributed by atoms with Crippen LogP contribution in [0.4, 0.5) is 18.2 Å². The number of carbonyl (C=O) groups excluding carboxylic acids is 2. The van der Waals surface area contributed by atoms with Crippen LogP contribution in [0, 0.1) is 11.3 Å². The Labute approximate surface area is 238 Å². The van der Waals surface area contributed by atoms with Gasteiger partial charge in [-0.2, -0.15) is 13.2 Å². The summed E-state index contributed by atoms with van der Waals surface area (Å²) < 4.78 is 66.1. The van der Waals surface area contributed by atoms with E-state index in [1.54, 1.807) is 11.4 Å². The summed E-state index contributed by atoms with van der Waals surface area (Å²) in [5, 5.41) is 3.72. The third-order valence-electron chi connectivity index (χ3n) is 6.85. The Morgan fingerprint density at radius 1 is 1.20 bits per heavy atom. The van der Waals surface area contributed by atoms with Gasteiger partial charge in [-0.3, -0.25) is 9.59 Å². The molecule has 3 heterocycles. The maximum Gasteiger partial charge on any atom is 0.433 e. The quantitative estimate of drug-likeness (QED) is 0.312. The van der Waals surface area contributed by atoms with E-state index in [1.807, 2.05) is 0 Å². The number of anilines is 1. The van der Waals surface area contributed by atoms with E-state index in [1.165, 1.54) is 17.4 Å². The van der Waals surface area contributed by atoms with Crippen molar-refractivity contribution in [2.24, 2.45) is 17.1 Å². The summed E-state index contributed by atoms with van der Waals surface area (Å²) in [5.74, 6) is -1.41. The summed E-state index contributed by atoms with van der Waals surface area (Å²) in [5.41, 5.74) is 5.33. The van der Waals surface area contributed by atoms with Crippen LogP contribution in [-0.4, -0.2) is 36.0 Å². The Kier molecular flexibility index (Phi) is 8.44. The molecule has 0 fully saturated rings. The minimum atomic E-state index is -4.87. The lowest BCUT2D eigenvalue weighted by Gasteiger charge is -2.33. The number of hydrogen-bond donors (Lipinski definition) is 2. The van der Waals surface area contributed by atoms with E-state index in [0.29, 0.717) is 28.3 Å². The normalized spacial score (nSPS) is 16.0. The third kappa shape index (κ3) is 6.72. The van der Waals surface area contributed by atoms with Crippen molar-refractivity contribution < 1.29 is 31.2 Å². The van der Waals surface area contributed by atoms with Crippen LogP contribution >= 0.6 is 22.7 Å². The number of halogens is 3. The Morgan fingerprint density at radius 3 is 2.52 bits per heavy atom. The number of fused-ring (bicyclic) bond motifs is 1. The number of sulfone groups is 1. The maximum atomic E-state index is 13.4. The van der Waals surface area contributed by atoms with Gasteiger partial charge in [-0.1, -0.05) is 26.8 Å². The molecule has 0 saturated carbocycles. The third-order valence-corrected chi connectivity index (χ3v) is 10.5. The second-order valence-electron chi connectivity index (χ2n) is 10.7. The highest BCUT2D eigenvalue weighted by atomic mass is 32.2. The predicted molar refractivity (Wildman–Crippen MR) is 148 cm³/mol. The van der Waals surface area contributed by atoms with Gasteiger partial charge in [-0.15, -0.1) is 22.7 Å². The van der Waals surface area contributed by atoms with Crippen molar-refractivity contribution in [3.05, 3.63) is 45.3 Å². The van der Waals surface area contributed by atoms with E-state index >= 15 is 0 Å². The molecule has 2 amide bonds.